The van der Waals surface area contributed by atoms with Gasteiger partial charge in [-0.1, -0.05) is 24.3 Å². The molecular weight excluding hydrogens is 250 g/mol. The first-order valence-electron chi connectivity index (χ1n) is 6.85. The standard InChI is InChI=1S/C16H17N3O/c20-16(18-10-8-13-6-3-4-9-17-13)15-11-12-5-1-2-7-14(12)19-15/h1-7,9,15,19H,8,10-11H2,(H,18,20). The minimum absolute atomic E-state index is 0.0529. The summed E-state index contributed by atoms with van der Waals surface area (Å²) in [6, 6.07) is 13.7. The van der Waals surface area contributed by atoms with Crippen molar-refractivity contribution in [1.29, 1.82) is 0 Å². The Labute approximate surface area is 118 Å². The van der Waals surface area contributed by atoms with Gasteiger partial charge in [0.2, 0.25) is 5.91 Å². The molecular formula is C16H17N3O. The van der Waals surface area contributed by atoms with E-state index in [2.05, 4.69) is 21.7 Å². The van der Waals surface area contributed by atoms with Crippen LogP contribution in [0.3, 0.4) is 0 Å². The lowest BCUT2D eigenvalue weighted by atomic mass is 10.1. The molecule has 1 aliphatic rings. The lowest BCUT2D eigenvalue weighted by Crippen LogP contribution is -2.39. The van der Waals surface area contributed by atoms with Gasteiger partial charge in [0.15, 0.2) is 0 Å². The molecule has 4 nitrogen and oxygen atoms in total. The van der Waals surface area contributed by atoms with E-state index in [1.54, 1.807) is 6.20 Å². The molecule has 4 heteroatoms. The molecule has 0 radical (unpaired) electrons. The number of rotatable bonds is 4. The second-order valence-corrected chi connectivity index (χ2v) is 4.92. The smallest absolute Gasteiger partial charge is 0.242 e. The van der Waals surface area contributed by atoms with Gasteiger partial charge >= 0.3 is 0 Å². The molecule has 0 bridgehead atoms. The molecule has 1 unspecified atom stereocenters. The van der Waals surface area contributed by atoms with Crippen LogP contribution in [0.2, 0.25) is 0 Å². The molecule has 1 aromatic heterocycles. The van der Waals surface area contributed by atoms with Crippen molar-refractivity contribution in [3.05, 3.63) is 59.9 Å². The van der Waals surface area contributed by atoms with Crippen molar-refractivity contribution < 1.29 is 4.79 Å². The van der Waals surface area contributed by atoms with Gasteiger partial charge in [-0.25, -0.2) is 0 Å². The maximum Gasteiger partial charge on any atom is 0.242 e. The normalized spacial score (nSPS) is 16.3. The fourth-order valence-electron chi connectivity index (χ4n) is 2.44. The summed E-state index contributed by atoms with van der Waals surface area (Å²) in [7, 11) is 0. The zero-order valence-corrected chi connectivity index (χ0v) is 11.2. The van der Waals surface area contributed by atoms with E-state index in [0.717, 1.165) is 24.2 Å². The molecule has 0 aliphatic carbocycles. The number of aromatic nitrogens is 1. The predicted octanol–water partition coefficient (Wildman–Crippen LogP) is 1.78. The van der Waals surface area contributed by atoms with Crippen LogP contribution in [0.5, 0.6) is 0 Å². The van der Waals surface area contributed by atoms with Crippen molar-refractivity contribution in [1.82, 2.24) is 10.3 Å². The number of nitrogens with one attached hydrogen (secondary N) is 2. The summed E-state index contributed by atoms with van der Waals surface area (Å²) in [5.74, 6) is 0.0529. The van der Waals surface area contributed by atoms with Crippen molar-refractivity contribution in [3.63, 3.8) is 0 Å². The first-order valence-corrected chi connectivity index (χ1v) is 6.85. The number of benzene rings is 1. The Balaban J connectivity index is 1.49. The molecule has 1 amide bonds. The summed E-state index contributed by atoms with van der Waals surface area (Å²) >= 11 is 0. The second kappa shape index (κ2) is 5.74. The molecule has 1 aliphatic heterocycles. The van der Waals surface area contributed by atoms with E-state index in [1.165, 1.54) is 5.56 Å². The Morgan fingerprint density at radius 2 is 2.10 bits per heavy atom. The van der Waals surface area contributed by atoms with Gasteiger partial charge in [0.05, 0.1) is 0 Å². The summed E-state index contributed by atoms with van der Waals surface area (Å²) in [6.07, 6.45) is 3.28. The molecule has 0 saturated carbocycles. The van der Waals surface area contributed by atoms with E-state index in [-0.39, 0.29) is 11.9 Å². The number of carbonyl (C=O) groups excluding carboxylic acids is 1. The summed E-state index contributed by atoms with van der Waals surface area (Å²) in [6.45, 7) is 0.615. The van der Waals surface area contributed by atoms with Gasteiger partial charge in [-0.05, 0) is 23.8 Å². The minimum atomic E-state index is -0.156. The van der Waals surface area contributed by atoms with Crippen molar-refractivity contribution in [2.24, 2.45) is 0 Å². The highest BCUT2D eigenvalue weighted by Crippen LogP contribution is 2.24. The summed E-state index contributed by atoms with van der Waals surface area (Å²) < 4.78 is 0. The van der Waals surface area contributed by atoms with Crippen LogP contribution in [-0.4, -0.2) is 23.5 Å². The number of para-hydroxylation sites is 1. The first-order chi connectivity index (χ1) is 9.83. The number of pyridine rings is 1. The van der Waals surface area contributed by atoms with Crippen LogP contribution in [-0.2, 0) is 17.6 Å². The maximum absolute atomic E-state index is 12.1. The lowest BCUT2D eigenvalue weighted by Gasteiger charge is -2.11. The van der Waals surface area contributed by atoms with Gasteiger partial charge < -0.3 is 10.6 Å². The van der Waals surface area contributed by atoms with Crippen molar-refractivity contribution in [2.45, 2.75) is 18.9 Å². The van der Waals surface area contributed by atoms with Gasteiger partial charge in [0.25, 0.3) is 0 Å². The largest absolute Gasteiger partial charge is 0.373 e. The molecule has 1 aromatic carbocycles. The first kappa shape index (κ1) is 12.7. The van der Waals surface area contributed by atoms with Crippen LogP contribution in [0.25, 0.3) is 0 Å². The molecule has 2 heterocycles. The van der Waals surface area contributed by atoms with Crippen LogP contribution in [0, 0.1) is 0 Å². The summed E-state index contributed by atoms with van der Waals surface area (Å²) in [5.41, 5.74) is 3.27. The van der Waals surface area contributed by atoms with Crippen LogP contribution in [0.4, 0.5) is 5.69 Å². The Morgan fingerprint density at radius 1 is 1.25 bits per heavy atom. The zero-order chi connectivity index (χ0) is 13.8. The summed E-state index contributed by atoms with van der Waals surface area (Å²) in [5, 5.41) is 6.22. The second-order valence-electron chi connectivity index (χ2n) is 4.92. The zero-order valence-electron chi connectivity index (χ0n) is 11.2. The average molecular weight is 267 g/mol. The fourth-order valence-corrected chi connectivity index (χ4v) is 2.44. The Kier molecular flexibility index (Phi) is 3.63. The highest BCUT2D eigenvalue weighted by Gasteiger charge is 2.25. The van der Waals surface area contributed by atoms with Crippen molar-refractivity contribution in [2.75, 3.05) is 11.9 Å². The molecule has 0 saturated heterocycles. The van der Waals surface area contributed by atoms with Crippen molar-refractivity contribution >= 4 is 11.6 Å². The molecule has 1 atom stereocenters. The molecule has 0 spiro atoms. The van der Waals surface area contributed by atoms with Crippen LogP contribution in [0.1, 0.15) is 11.3 Å². The van der Waals surface area contributed by atoms with E-state index >= 15 is 0 Å². The number of fused-ring (bicyclic) bond motifs is 1. The SMILES string of the molecule is O=C(NCCc1ccccn1)C1Cc2ccccc2N1. The number of nitrogens with zero attached hydrogens (tertiary/aromatic N) is 1. The van der Waals surface area contributed by atoms with Gasteiger partial charge in [0.1, 0.15) is 6.04 Å². The third kappa shape index (κ3) is 2.79. The highest BCUT2D eigenvalue weighted by atomic mass is 16.2. The Morgan fingerprint density at radius 3 is 2.90 bits per heavy atom. The molecule has 0 fully saturated rings. The monoisotopic (exact) mass is 267 g/mol. The molecule has 3 rings (SSSR count). The van der Waals surface area contributed by atoms with Gasteiger partial charge in [-0.15, -0.1) is 0 Å². The van der Waals surface area contributed by atoms with Gasteiger partial charge in [0, 0.05) is 37.0 Å². The van der Waals surface area contributed by atoms with Crippen molar-refractivity contribution in [3.8, 4) is 0 Å². The van der Waals surface area contributed by atoms with E-state index in [0.29, 0.717) is 6.54 Å². The van der Waals surface area contributed by atoms with E-state index in [1.807, 2.05) is 36.4 Å². The quantitative estimate of drug-likeness (QED) is 0.888. The number of anilines is 1. The highest BCUT2D eigenvalue weighted by molar-refractivity contribution is 5.87. The lowest BCUT2D eigenvalue weighted by molar-refractivity contribution is -0.121. The summed E-state index contributed by atoms with van der Waals surface area (Å²) in [4.78, 5) is 16.3. The molecule has 2 N–H and O–H groups in total. The van der Waals surface area contributed by atoms with E-state index in [4.69, 9.17) is 0 Å². The number of hydrogen-bond donors (Lipinski definition) is 2. The van der Waals surface area contributed by atoms with Gasteiger partial charge in [-0.3, -0.25) is 9.78 Å². The molecule has 20 heavy (non-hydrogen) atoms. The maximum atomic E-state index is 12.1. The Bertz CT molecular complexity index is 573. The minimum Gasteiger partial charge on any atom is -0.373 e. The van der Waals surface area contributed by atoms with E-state index in [9.17, 15) is 4.79 Å². The fraction of sp³-hybridized carbons (Fsp3) is 0.250. The number of amides is 1. The topological polar surface area (TPSA) is 54.0 Å². The van der Waals surface area contributed by atoms with E-state index < -0.39 is 0 Å². The average Bonchev–Trinajstić information content (AvgIpc) is 2.92. The van der Waals surface area contributed by atoms with Crippen LogP contribution < -0.4 is 10.6 Å². The molecule has 102 valence electrons. The van der Waals surface area contributed by atoms with Gasteiger partial charge in [-0.2, -0.15) is 0 Å². The third-order valence-electron chi connectivity index (χ3n) is 3.49. The molecule has 2 aromatic rings. The number of hydrogen-bond acceptors (Lipinski definition) is 3. The van der Waals surface area contributed by atoms with Crippen LogP contribution in [0.15, 0.2) is 48.7 Å². The predicted molar refractivity (Wildman–Crippen MR) is 78.5 cm³/mol. The Hall–Kier alpha value is -2.36. The number of carbonyl (C=O) groups is 1. The third-order valence-corrected chi connectivity index (χ3v) is 3.49. The van der Waals surface area contributed by atoms with Crippen LogP contribution >= 0.6 is 0 Å².